The number of aromatic nitrogens is 2. The Morgan fingerprint density at radius 2 is 2.04 bits per heavy atom. The van der Waals surface area contributed by atoms with Crippen molar-refractivity contribution in [2.75, 3.05) is 18.9 Å². The van der Waals surface area contributed by atoms with Crippen molar-refractivity contribution in [3.63, 3.8) is 0 Å². The van der Waals surface area contributed by atoms with Crippen LogP contribution in [-0.4, -0.2) is 34.6 Å². The topological polar surface area (TPSA) is 90.1 Å². The molecular formula is C21H28N4O2. The van der Waals surface area contributed by atoms with Gasteiger partial charge in [0, 0.05) is 24.8 Å². The maximum atomic E-state index is 12.5. The lowest BCUT2D eigenvalue weighted by atomic mass is 9.67. The third kappa shape index (κ3) is 4.45. The average molecular weight is 368 g/mol. The third-order valence-corrected chi connectivity index (χ3v) is 5.36. The number of nitrogens with one attached hydrogen (secondary N) is 1. The maximum Gasteiger partial charge on any atom is 0.254 e. The second-order valence-corrected chi connectivity index (χ2v) is 7.91. The summed E-state index contributed by atoms with van der Waals surface area (Å²) in [5.41, 5.74) is 7.73. The number of carbonyl (C=O) groups excluding carboxylic acids is 1. The lowest BCUT2D eigenvalue weighted by molar-refractivity contribution is -0.0838. The van der Waals surface area contributed by atoms with Crippen molar-refractivity contribution in [2.24, 2.45) is 0 Å². The molecule has 1 amide bonds. The number of amides is 1. The molecule has 0 unspecified atom stereocenters. The molecule has 3 N–H and O–H groups in total. The van der Waals surface area contributed by atoms with Crippen LogP contribution in [0.3, 0.4) is 0 Å². The van der Waals surface area contributed by atoms with Gasteiger partial charge in [-0.2, -0.15) is 0 Å². The van der Waals surface area contributed by atoms with E-state index in [4.69, 9.17) is 10.5 Å². The molecule has 1 aliphatic rings. The second-order valence-electron chi connectivity index (χ2n) is 7.91. The van der Waals surface area contributed by atoms with E-state index in [0.717, 1.165) is 25.9 Å². The van der Waals surface area contributed by atoms with Crippen LogP contribution in [0.1, 0.15) is 54.7 Å². The number of nitrogens with two attached hydrogens (primary N) is 1. The number of rotatable bonds is 5. The predicted molar refractivity (Wildman–Crippen MR) is 106 cm³/mol. The highest BCUT2D eigenvalue weighted by Crippen LogP contribution is 2.43. The molecule has 1 aliphatic heterocycles. The molecule has 1 atom stereocenters. The molecule has 3 rings (SSSR count). The van der Waals surface area contributed by atoms with Crippen molar-refractivity contribution in [2.45, 2.75) is 51.0 Å². The van der Waals surface area contributed by atoms with E-state index in [-0.39, 0.29) is 22.9 Å². The molecule has 0 saturated carbocycles. The minimum atomic E-state index is -0.181. The number of hydrogen-bond donors (Lipinski definition) is 2. The van der Waals surface area contributed by atoms with Gasteiger partial charge in [-0.25, -0.2) is 9.97 Å². The van der Waals surface area contributed by atoms with Gasteiger partial charge in [0.25, 0.3) is 5.91 Å². The number of hydrogen-bond acceptors (Lipinski definition) is 5. The number of anilines is 1. The summed E-state index contributed by atoms with van der Waals surface area (Å²) < 4.78 is 5.95. The summed E-state index contributed by atoms with van der Waals surface area (Å²) in [6.45, 7) is 7.34. The Kier molecular flexibility index (Phi) is 5.46. The van der Waals surface area contributed by atoms with E-state index >= 15 is 0 Å². The van der Waals surface area contributed by atoms with Crippen molar-refractivity contribution in [3.05, 3.63) is 53.3 Å². The fraction of sp³-hybridized carbons (Fsp3) is 0.476. The van der Waals surface area contributed by atoms with E-state index in [1.54, 1.807) is 6.92 Å². The lowest BCUT2D eigenvalue weighted by Crippen LogP contribution is -2.45. The standard InChI is InChI=1S/C21H28N4O2/c1-15-17(13-24-19(22)25-15)18(26)23-11-9-21(16-7-5-4-6-8-16)10-12-27-20(2,3)14-21/h4-8,13H,9-12,14H2,1-3H3,(H,23,26)(H2,22,24,25)/t21-/m1/s1. The summed E-state index contributed by atoms with van der Waals surface area (Å²) in [6.07, 6.45) is 4.20. The molecule has 0 aliphatic carbocycles. The number of carbonyl (C=O) groups is 1. The van der Waals surface area contributed by atoms with Gasteiger partial charge in [0.15, 0.2) is 0 Å². The molecule has 0 spiro atoms. The fourth-order valence-corrected chi connectivity index (χ4v) is 4.09. The van der Waals surface area contributed by atoms with Crippen LogP contribution >= 0.6 is 0 Å². The Labute approximate surface area is 160 Å². The van der Waals surface area contributed by atoms with Crippen molar-refractivity contribution in [1.29, 1.82) is 0 Å². The Bertz CT molecular complexity index is 807. The third-order valence-electron chi connectivity index (χ3n) is 5.36. The molecule has 144 valence electrons. The Balaban J connectivity index is 1.73. The van der Waals surface area contributed by atoms with E-state index in [9.17, 15) is 4.79 Å². The number of nitrogen functional groups attached to an aromatic ring is 1. The van der Waals surface area contributed by atoms with Crippen LogP contribution in [0, 0.1) is 6.92 Å². The van der Waals surface area contributed by atoms with E-state index in [0.29, 0.717) is 17.8 Å². The lowest BCUT2D eigenvalue weighted by Gasteiger charge is -2.45. The zero-order valence-electron chi connectivity index (χ0n) is 16.3. The summed E-state index contributed by atoms with van der Waals surface area (Å²) >= 11 is 0. The minimum Gasteiger partial charge on any atom is -0.376 e. The average Bonchev–Trinajstić information content (AvgIpc) is 2.61. The summed E-state index contributed by atoms with van der Waals surface area (Å²) in [5, 5.41) is 3.03. The summed E-state index contributed by atoms with van der Waals surface area (Å²) in [4.78, 5) is 20.5. The molecule has 1 saturated heterocycles. The molecule has 6 heteroatoms. The number of benzene rings is 1. The zero-order valence-corrected chi connectivity index (χ0v) is 16.3. The highest BCUT2D eigenvalue weighted by molar-refractivity contribution is 5.94. The Morgan fingerprint density at radius 1 is 1.30 bits per heavy atom. The van der Waals surface area contributed by atoms with Crippen LogP contribution in [0.5, 0.6) is 0 Å². The first-order valence-electron chi connectivity index (χ1n) is 9.38. The van der Waals surface area contributed by atoms with Crippen LogP contribution in [0.25, 0.3) is 0 Å². The molecule has 1 aromatic heterocycles. The van der Waals surface area contributed by atoms with Crippen molar-refractivity contribution >= 4 is 11.9 Å². The smallest absolute Gasteiger partial charge is 0.254 e. The van der Waals surface area contributed by atoms with Crippen molar-refractivity contribution in [1.82, 2.24) is 15.3 Å². The second kappa shape index (κ2) is 7.64. The number of ether oxygens (including phenoxy) is 1. The Hall–Kier alpha value is -2.47. The molecule has 6 nitrogen and oxygen atoms in total. The first kappa shape index (κ1) is 19.3. The highest BCUT2D eigenvalue weighted by Gasteiger charge is 2.41. The van der Waals surface area contributed by atoms with Gasteiger partial charge in [-0.1, -0.05) is 30.3 Å². The summed E-state index contributed by atoms with van der Waals surface area (Å²) in [5.74, 6) is 0.0125. The van der Waals surface area contributed by atoms with Crippen LogP contribution in [-0.2, 0) is 10.2 Å². The van der Waals surface area contributed by atoms with Gasteiger partial charge in [-0.05, 0) is 45.6 Å². The normalized spacial score (nSPS) is 21.6. The fourth-order valence-electron chi connectivity index (χ4n) is 4.09. The molecule has 27 heavy (non-hydrogen) atoms. The molecular weight excluding hydrogens is 340 g/mol. The van der Waals surface area contributed by atoms with Gasteiger partial charge < -0.3 is 15.8 Å². The maximum absolute atomic E-state index is 12.5. The molecule has 1 fully saturated rings. The van der Waals surface area contributed by atoms with Crippen LogP contribution < -0.4 is 11.1 Å². The van der Waals surface area contributed by atoms with Crippen molar-refractivity contribution in [3.8, 4) is 0 Å². The van der Waals surface area contributed by atoms with E-state index in [2.05, 4.69) is 53.4 Å². The molecule has 0 bridgehead atoms. The van der Waals surface area contributed by atoms with Gasteiger partial charge in [-0.3, -0.25) is 4.79 Å². The largest absolute Gasteiger partial charge is 0.376 e. The minimum absolute atomic E-state index is 0.0110. The quantitative estimate of drug-likeness (QED) is 0.847. The van der Waals surface area contributed by atoms with Crippen molar-refractivity contribution < 1.29 is 9.53 Å². The van der Waals surface area contributed by atoms with Crippen LogP contribution in [0.15, 0.2) is 36.5 Å². The first-order valence-corrected chi connectivity index (χ1v) is 9.38. The zero-order chi connectivity index (χ0) is 19.5. The van der Waals surface area contributed by atoms with Gasteiger partial charge in [0.2, 0.25) is 5.95 Å². The first-order chi connectivity index (χ1) is 12.8. The number of aryl methyl sites for hydroxylation is 1. The predicted octanol–water partition coefficient (Wildman–Crippen LogP) is 3.01. The van der Waals surface area contributed by atoms with Gasteiger partial charge in [0.1, 0.15) is 0 Å². The van der Waals surface area contributed by atoms with Gasteiger partial charge >= 0.3 is 0 Å². The molecule has 2 heterocycles. The monoisotopic (exact) mass is 368 g/mol. The van der Waals surface area contributed by atoms with Gasteiger partial charge in [0.05, 0.1) is 16.9 Å². The molecule has 0 radical (unpaired) electrons. The summed E-state index contributed by atoms with van der Waals surface area (Å²) in [7, 11) is 0. The molecule has 2 aromatic rings. The summed E-state index contributed by atoms with van der Waals surface area (Å²) in [6, 6.07) is 10.6. The van der Waals surface area contributed by atoms with Crippen LogP contribution in [0.2, 0.25) is 0 Å². The van der Waals surface area contributed by atoms with Crippen LogP contribution in [0.4, 0.5) is 5.95 Å². The van der Waals surface area contributed by atoms with E-state index in [1.165, 1.54) is 11.8 Å². The Morgan fingerprint density at radius 3 is 2.70 bits per heavy atom. The highest BCUT2D eigenvalue weighted by atomic mass is 16.5. The molecule has 1 aromatic carbocycles. The van der Waals surface area contributed by atoms with Gasteiger partial charge in [-0.15, -0.1) is 0 Å². The number of nitrogens with zero attached hydrogens (tertiary/aromatic N) is 2. The van der Waals surface area contributed by atoms with E-state index in [1.807, 2.05) is 6.07 Å². The SMILES string of the molecule is Cc1nc(N)ncc1C(=O)NCC[C@@]1(c2ccccc2)CCOC(C)(C)C1. The van der Waals surface area contributed by atoms with E-state index < -0.39 is 0 Å².